The van der Waals surface area contributed by atoms with E-state index in [2.05, 4.69) is 94.1 Å². The Labute approximate surface area is 177 Å². The number of nitrogens with zero attached hydrogens (tertiary/aromatic N) is 4. The molecule has 4 nitrogen and oxygen atoms in total. The lowest BCUT2D eigenvalue weighted by molar-refractivity contribution is 0.132. The summed E-state index contributed by atoms with van der Waals surface area (Å²) in [6.07, 6.45) is 0. The van der Waals surface area contributed by atoms with Gasteiger partial charge in [0.2, 0.25) is 0 Å². The normalized spacial score (nSPS) is 18.9. The summed E-state index contributed by atoms with van der Waals surface area (Å²) in [5.41, 5.74) is 2.80. The highest BCUT2D eigenvalue weighted by Crippen LogP contribution is 2.15. The van der Waals surface area contributed by atoms with Gasteiger partial charge >= 0.3 is 0 Å². The number of benzene rings is 2. The molecule has 2 aromatic rings. The topological polar surface area (TPSA) is 13.0 Å². The Morgan fingerprint density at radius 1 is 0.552 bits per heavy atom. The van der Waals surface area contributed by atoms with Crippen LogP contribution in [0, 0.1) is 0 Å². The summed E-state index contributed by atoms with van der Waals surface area (Å²) in [5, 5.41) is 0. The highest BCUT2D eigenvalue weighted by molar-refractivity contribution is 5.46. The van der Waals surface area contributed by atoms with E-state index in [1.807, 2.05) is 0 Å². The zero-order chi connectivity index (χ0) is 20.3. The molecule has 0 saturated carbocycles. The Bertz CT molecular complexity index is 660. The molecule has 0 atom stereocenters. The zero-order valence-electron chi connectivity index (χ0n) is 18.3. The lowest BCUT2D eigenvalue weighted by Crippen LogP contribution is -2.46. The third kappa shape index (κ3) is 7.14. The van der Waals surface area contributed by atoms with Gasteiger partial charge in [-0.2, -0.15) is 0 Å². The molecule has 0 unspecified atom stereocenters. The molecule has 2 heterocycles. The number of rotatable bonds is 5. The van der Waals surface area contributed by atoms with Gasteiger partial charge in [0.05, 0.1) is 0 Å². The second-order valence-corrected chi connectivity index (χ2v) is 7.95. The fourth-order valence-electron chi connectivity index (χ4n) is 4.07. The van der Waals surface area contributed by atoms with Crippen molar-refractivity contribution in [3.63, 3.8) is 0 Å². The maximum atomic E-state index is 2.54. The Balaban J connectivity index is 0.000000166. The van der Waals surface area contributed by atoms with E-state index in [9.17, 15) is 0 Å². The first-order valence-electron chi connectivity index (χ1n) is 11.3. The van der Waals surface area contributed by atoms with E-state index >= 15 is 0 Å². The van der Waals surface area contributed by atoms with Gasteiger partial charge in [0.15, 0.2) is 0 Å². The predicted octanol–water partition coefficient (Wildman–Crippen LogP) is 3.65. The van der Waals surface area contributed by atoms with Gasteiger partial charge < -0.3 is 14.7 Å². The van der Waals surface area contributed by atoms with Crippen molar-refractivity contribution < 1.29 is 0 Å². The summed E-state index contributed by atoms with van der Waals surface area (Å²) < 4.78 is 0. The van der Waals surface area contributed by atoms with Crippen molar-refractivity contribution in [3.05, 3.63) is 66.2 Å². The molecule has 0 N–H and O–H groups in total. The second-order valence-electron chi connectivity index (χ2n) is 7.95. The molecule has 0 bridgehead atoms. The summed E-state index contributed by atoms with van der Waals surface area (Å²) in [6.45, 7) is 17.6. The van der Waals surface area contributed by atoms with Crippen LogP contribution in [0.5, 0.6) is 0 Å². The zero-order valence-corrected chi connectivity index (χ0v) is 18.3. The lowest BCUT2D eigenvalue weighted by atomic mass is 10.2. The molecule has 2 saturated heterocycles. The Kier molecular flexibility index (Phi) is 9.00. The number of hydrogen-bond donors (Lipinski definition) is 0. The summed E-state index contributed by atoms with van der Waals surface area (Å²) >= 11 is 0. The van der Waals surface area contributed by atoms with Crippen LogP contribution >= 0.6 is 0 Å². The van der Waals surface area contributed by atoms with E-state index in [0.717, 1.165) is 19.6 Å². The molecule has 2 aliphatic rings. The van der Waals surface area contributed by atoms with Crippen LogP contribution in [-0.2, 0) is 6.54 Å². The van der Waals surface area contributed by atoms with Gasteiger partial charge in [0.25, 0.3) is 0 Å². The van der Waals surface area contributed by atoms with E-state index in [0.29, 0.717) is 0 Å². The SMILES string of the molecule is CCN1CCN(Cc2ccccc2)CC1.CCN1CCN(c2ccccc2)CC1. The van der Waals surface area contributed by atoms with Crippen molar-refractivity contribution in [2.24, 2.45) is 0 Å². The van der Waals surface area contributed by atoms with Crippen LogP contribution in [0.1, 0.15) is 19.4 Å². The molecule has 158 valence electrons. The van der Waals surface area contributed by atoms with Crippen LogP contribution in [-0.4, -0.2) is 80.1 Å². The number of piperazine rings is 2. The number of hydrogen-bond acceptors (Lipinski definition) is 4. The molecule has 4 heteroatoms. The molecule has 29 heavy (non-hydrogen) atoms. The Morgan fingerprint density at radius 3 is 1.52 bits per heavy atom. The van der Waals surface area contributed by atoms with Crippen molar-refractivity contribution in [2.45, 2.75) is 20.4 Å². The van der Waals surface area contributed by atoms with Crippen molar-refractivity contribution in [3.8, 4) is 0 Å². The van der Waals surface area contributed by atoms with E-state index in [1.165, 1.54) is 63.6 Å². The lowest BCUT2D eigenvalue weighted by Gasteiger charge is -2.35. The minimum atomic E-state index is 1.11. The fraction of sp³-hybridized carbons (Fsp3) is 0.520. The van der Waals surface area contributed by atoms with E-state index in [4.69, 9.17) is 0 Å². The molecule has 0 radical (unpaired) electrons. The smallest absolute Gasteiger partial charge is 0.0367 e. The van der Waals surface area contributed by atoms with Crippen LogP contribution in [0.25, 0.3) is 0 Å². The first-order chi connectivity index (χ1) is 14.3. The van der Waals surface area contributed by atoms with Crippen molar-refractivity contribution in [1.82, 2.24) is 14.7 Å². The fourth-order valence-corrected chi connectivity index (χ4v) is 4.07. The van der Waals surface area contributed by atoms with E-state index in [-0.39, 0.29) is 0 Å². The van der Waals surface area contributed by atoms with Crippen LogP contribution in [0.2, 0.25) is 0 Å². The van der Waals surface area contributed by atoms with Crippen LogP contribution in [0.4, 0.5) is 5.69 Å². The average Bonchev–Trinajstić information content (AvgIpc) is 2.81. The van der Waals surface area contributed by atoms with Gasteiger partial charge in [-0.1, -0.05) is 62.4 Å². The van der Waals surface area contributed by atoms with Gasteiger partial charge in [-0.05, 0) is 30.8 Å². The Hall–Kier alpha value is -1.88. The van der Waals surface area contributed by atoms with Crippen molar-refractivity contribution in [1.29, 1.82) is 0 Å². The third-order valence-corrected chi connectivity index (χ3v) is 6.10. The maximum Gasteiger partial charge on any atom is 0.0367 e. The summed E-state index contributed by atoms with van der Waals surface area (Å²) in [6, 6.07) is 21.4. The molecule has 0 spiro atoms. The van der Waals surface area contributed by atoms with Gasteiger partial charge in [-0.3, -0.25) is 4.90 Å². The molecule has 2 fully saturated rings. The first-order valence-corrected chi connectivity index (χ1v) is 11.3. The highest BCUT2D eigenvalue weighted by atomic mass is 15.3. The largest absolute Gasteiger partial charge is 0.369 e. The second kappa shape index (κ2) is 12.0. The molecule has 0 aliphatic carbocycles. The molecule has 0 aromatic heterocycles. The quantitative estimate of drug-likeness (QED) is 0.767. The Morgan fingerprint density at radius 2 is 1.00 bits per heavy atom. The van der Waals surface area contributed by atoms with Crippen molar-refractivity contribution >= 4 is 5.69 Å². The first kappa shape index (κ1) is 21.8. The van der Waals surface area contributed by atoms with Gasteiger partial charge in [0, 0.05) is 64.6 Å². The minimum absolute atomic E-state index is 1.11. The summed E-state index contributed by atoms with van der Waals surface area (Å²) in [5.74, 6) is 0. The van der Waals surface area contributed by atoms with Crippen LogP contribution < -0.4 is 4.90 Å². The minimum Gasteiger partial charge on any atom is -0.369 e. The number of likely N-dealkylation sites (N-methyl/N-ethyl adjacent to an activating group) is 2. The monoisotopic (exact) mass is 394 g/mol. The van der Waals surface area contributed by atoms with Crippen molar-refractivity contribution in [2.75, 3.05) is 70.3 Å². The molecule has 2 aromatic carbocycles. The molecular weight excluding hydrogens is 356 g/mol. The standard InChI is InChI=1S/C13H20N2.C12H18N2/c1-2-14-8-10-15(11-9-14)12-13-6-4-3-5-7-13;1-2-13-8-10-14(11-9-13)12-6-4-3-5-7-12/h3-7H,2,8-12H2,1H3;3-7H,2,8-11H2,1H3. The highest BCUT2D eigenvalue weighted by Gasteiger charge is 2.15. The summed E-state index contributed by atoms with van der Waals surface area (Å²) in [7, 11) is 0. The molecule has 4 rings (SSSR count). The van der Waals surface area contributed by atoms with Gasteiger partial charge in [0.1, 0.15) is 0 Å². The molecule has 0 amide bonds. The van der Waals surface area contributed by atoms with Gasteiger partial charge in [-0.15, -0.1) is 0 Å². The average molecular weight is 395 g/mol. The maximum absolute atomic E-state index is 2.54. The number of anilines is 1. The van der Waals surface area contributed by atoms with Crippen LogP contribution in [0.3, 0.4) is 0 Å². The third-order valence-electron chi connectivity index (χ3n) is 6.10. The predicted molar refractivity (Wildman–Crippen MR) is 125 cm³/mol. The van der Waals surface area contributed by atoms with Gasteiger partial charge in [-0.25, -0.2) is 0 Å². The van der Waals surface area contributed by atoms with Crippen LogP contribution in [0.15, 0.2) is 60.7 Å². The summed E-state index contributed by atoms with van der Waals surface area (Å²) in [4.78, 5) is 10.0. The number of para-hydroxylation sites is 1. The molecule has 2 aliphatic heterocycles. The van der Waals surface area contributed by atoms with E-state index < -0.39 is 0 Å². The van der Waals surface area contributed by atoms with E-state index in [1.54, 1.807) is 0 Å². The molecular formula is C25H38N4.